The van der Waals surface area contributed by atoms with Crippen molar-refractivity contribution in [2.45, 2.75) is 57.9 Å². The Kier molecular flexibility index (Phi) is 6.62. The Bertz CT molecular complexity index is 236. The Morgan fingerprint density at radius 2 is 1.84 bits per heavy atom. The molecule has 2 fully saturated rings. The van der Waals surface area contributed by atoms with Crippen LogP contribution < -0.4 is 11.1 Å². The number of piperidine rings is 1. The third-order valence-corrected chi connectivity index (χ3v) is 5.15. The molecule has 0 aromatic rings. The lowest BCUT2D eigenvalue weighted by Crippen LogP contribution is -2.43. The molecule has 3 N–H and O–H groups in total. The second-order valence-electron chi connectivity index (χ2n) is 6.72. The number of nitrogens with two attached hydrogens (primary N) is 1. The standard InChI is InChI=1S/C16H33N3/c1-14-7-11-19(12-8-14)10-4-9-18-16-6-3-2-5-15(16)13-17/h14-16,18H,2-13,17H2,1H3. The van der Waals surface area contributed by atoms with E-state index < -0.39 is 0 Å². The highest BCUT2D eigenvalue weighted by Crippen LogP contribution is 2.23. The Balaban J connectivity index is 1.56. The highest BCUT2D eigenvalue weighted by molar-refractivity contribution is 4.81. The van der Waals surface area contributed by atoms with Crippen LogP contribution in [0.2, 0.25) is 0 Å². The van der Waals surface area contributed by atoms with Crippen LogP contribution in [-0.2, 0) is 0 Å². The zero-order chi connectivity index (χ0) is 13.5. The first-order valence-electron chi connectivity index (χ1n) is 8.45. The van der Waals surface area contributed by atoms with Gasteiger partial charge in [0.25, 0.3) is 0 Å². The van der Waals surface area contributed by atoms with Crippen molar-refractivity contribution in [2.75, 3.05) is 32.7 Å². The molecule has 0 bridgehead atoms. The summed E-state index contributed by atoms with van der Waals surface area (Å²) in [6.45, 7) is 8.33. The highest BCUT2D eigenvalue weighted by atomic mass is 15.1. The van der Waals surface area contributed by atoms with Crippen LogP contribution in [-0.4, -0.2) is 43.7 Å². The first kappa shape index (κ1) is 15.3. The lowest BCUT2D eigenvalue weighted by Gasteiger charge is -2.32. The quantitative estimate of drug-likeness (QED) is 0.725. The minimum Gasteiger partial charge on any atom is -0.330 e. The van der Waals surface area contributed by atoms with Gasteiger partial charge in [0.15, 0.2) is 0 Å². The van der Waals surface area contributed by atoms with Gasteiger partial charge in [-0.15, -0.1) is 0 Å². The van der Waals surface area contributed by atoms with Crippen molar-refractivity contribution in [3.8, 4) is 0 Å². The van der Waals surface area contributed by atoms with Gasteiger partial charge in [0.1, 0.15) is 0 Å². The van der Waals surface area contributed by atoms with E-state index in [1.54, 1.807) is 0 Å². The summed E-state index contributed by atoms with van der Waals surface area (Å²) < 4.78 is 0. The number of rotatable bonds is 6. The summed E-state index contributed by atoms with van der Waals surface area (Å²) in [4.78, 5) is 2.64. The van der Waals surface area contributed by atoms with E-state index >= 15 is 0 Å². The molecule has 0 aromatic heterocycles. The molecule has 2 rings (SSSR count). The van der Waals surface area contributed by atoms with Gasteiger partial charge in [-0.25, -0.2) is 0 Å². The van der Waals surface area contributed by atoms with Crippen LogP contribution in [0.5, 0.6) is 0 Å². The second kappa shape index (κ2) is 8.23. The zero-order valence-corrected chi connectivity index (χ0v) is 12.7. The molecular weight excluding hydrogens is 234 g/mol. The molecule has 2 unspecified atom stereocenters. The number of hydrogen-bond donors (Lipinski definition) is 2. The third kappa shape index (κ3) is 5.05. The molecule has 112 valence electrons. The molecular formula is C16H33N3. The first-order valence-corrected chi connectivity index (χ1v) is 8.45. The molecule has 0 spiro atoms. The largest absolute Gasteiger partial charge is 0.330 e. The van der Waals surface area contributed by atoms with Gasteiger partial charge < -0.3 is 16.0 Å². The van der Waals surface area contributed by atoms with Crippen LogP contribution >= 0.6 is 0 Å². The van der Waals surface area contributed by atoms with Crippen LogP contribution in [0.15, 0.2) is 0 Å². The third-order valence-electron chi connectivity index (χ3n) is 5.15. The van der Waals surface area contributed by atoms with Crippen LogP contribution in [0.1, 0.15) is 51.9 Å². The van der Waals surface area contributed by atoms with E-state index in [-0.39, 0.29) is 0 Å². The average Bonchev–Trinajstić information content (AvgIpc) is 2.46. The van der Waals surface area contributed by atoms with Crippen LogP contribution in [0.3, 0.4) is 0 Å². The molecule has 0 amide bonds. The van der Waals surface area contributed by atoms with Gasteiger partial charge in [-0.1, -0.05) is 19.8 Å². The minimum absolute atomic E-state index is 0.695. The van der Waals surface area contributed by atoms with E-state index in [1.165, 1.54) is 71.1 Å². The van der Waals surface area contributed by atoms with Crippen molar-refractivity contribution in [3.05, 3.63) is 0 Å². The van der Waals surface area contributed by atoms with E-state index in [4.69, 9.17) is 5.73 Å². The van der Waals surface area contributed by atoms with Crippen LogP contribution in [0.25, 0.3) is 0 Å². The molecule has 1 aliphatic carbocycles. The molecule has 0 aromatic carbocycles. The molecule has 2 atom stereocenters. The van der Waals surface area contributed by atoms with Gasteiger partial charge in [0.2, 0.25) is 0 Å². The maximum Gasteiger partial charge on any atom is 0.0107 e. The number of nitrogens with zero attached hydrogens (tertiary/aromatic N) is 1. The Labute approximate surface area is 119 Å². The molecule has 3 nitrogen and oxygen atoms in total. The maximum atomic E-state index is 5.88. The number of likely N-dealkylation sites (tertiary alicyclic amines) is 1. The van der Waals surface area contributed by atoms with Gasteiger partial charge in [-0.2, -0.15) is 0 Å². The lowest BCUT2D eigenvalue weighted by molar-refractivity contribution is 0.187. The molecule has 3 heteroatoms. The van der Waals surface area contributed by atoms with Crippen molar-refractivity contribution in [1.82, 2.24) is 10.2 Å². The summed E-state index contributed by atoms with van der Waals surface area (Å²) in [6.07, 6.45) is 9.52. The average molecular weight is 267 g/mol. The Hall–Kier alpha value is -0.120. The summed E-state index contributed by atoms with van der Waals surface area (Å²) >= 11 is 0. The molecule has 19 heavy (non-hydrogen) atoms. The molecule has 0 radical (unpaired) electrons. The predicted octanol–water partition coefficient (Wildman–Crippen LogP) is 2.22. The highest BCUT2D eigenvalue weighted by Gasteiger charge is 2.23. The normalized spacial score (nSPS) is 30.6. The summed E-state index contributed by atoms with van der Waals surface area (Å²) in [5, 5.41) is 3.76. The summed E-state index contributed by atoms with van der Waals surface area (Å²) in [5.41, 5.74) is 5.88. The van der Waals surface area contributed by atoms with Crippen molar-refractivity contribution in [3.63, 3.8) is 0 Å². The SMILES string of the molecule is CC1CCN(CCCNC2CCCCC2CN)CC1. The fourth-order valence-electron chi connectivity index (χ4n) is 3.63. The number of hydrogen-bond acceptors (Lipinski definition) is 3. The van der Waals surface area contributed by atoms with Gasteiger partial charge >= 0.3 is 0 Å². The monoisotopic (exact) mass is 267 g/mol. The van der Waals surface area contributed by atoms with Crippen molar-refractivity contribution >= 4 is 0 Å². The van der Waals surface area contributed by atoms with Gasteiger partial charge in [0.05, 0.1) is 0 Å². The minimum atomic E-state index is 0.695. The van der Waals surface area contributed by atoms with Gasteiger partial charge in [0, 0.05) is 6.04 Å². The van der Waals surface area contributed by atoms with Crippen molar-refractivity contribution in [1.29, 1.82) is 0 Å². The Morgan fingerprint density at radius 1 is 1.11 bits per heavy atom. The topological polar surface area (TPSA) is 41.3 Å². The molecule has 1 saturated heterocycles. The smallest absolute Gasteiger partial charge is 0.0107 e. The zero-order valence-electron chi connectivity index (χ0n) is 12.7. The van der Waals surface area contributed by atoms with E-state index in [9.17, 15) is 0 Å². The van der Waals surface area contributed by atoms with E-state index in [1.807, 2.05) is 0 Å². The van der Waals surface area contributed by atoms with E-state index in [0.717, 1.165) is 18.4 Å². The summed E-state index contributed by atoms with van der Waals surface area (Å²) in [7, 11) is 0. The van der Waals surface area contributed by atoms with E-state index in [0.29, 0.717) is 6.04 Å². The summed E-state index contributed by atoms with van der Waals surface area (Å²) in [5.74, 6) is 1.67. The first-order chi connectivity index (χ1) is 9.29. The second-order valence-corrected chi connectivity index (χ2v) is 6.72. The van der Waals surface area contributed by atoms with E-state index in [2.05, 4.69) is 17.1 Å². The van der Waals surface area contributed by atoms with Crippen molar-refractivity contribution in [2.24, 2.45) is 17.6 Å². The molecule has 1 saturated carbocycles. The van der Waals surface area contributed by atoms with Crippen LogP contribution in [0.4, 0.5) is 0 Å². The molecule has 2 aliphatic rings. The maximum absolute atomic E-state index is 5.88. The summed E-state index contributed by atoms with van der Waals surface area (Å²) in [6, 6.07) is 0.695. The van der Waals surface area contributed by atoms with Gasteiger partial charge in [-0.05, 0) is 76.7 Å². The van der Waals surface area contributed by atoms with Crippen LogP contribution in [0, 0.1) is 11.8 Å². The predicted molar refractivity (Wildman–Crippen MR) is 82.3 cm³/mol. The molecule has 1 aliphatic heterocycles. The van der Waals surface area contributed by atoms with Gasteiger partial charge in [-0.3, -0.25) is 0 Å². The number of nitrogens with one attached hydrogen (secondary N) is 1. The Morgan fingerprint density at radius 3 is 2.58 bits per heavy atom. The fourth-order valence-corrected chi connectivity index (χ4v) is 3.63. The van der Waals surface area contributed by atoms with Crippen molar-refractivity contribution < 1.29 is 0 Å². The lowest BCUT2D eigenvalue weighted by atomic mass is 9.84. The molecule has 1 heterocycles. The fraction of sp³-hybridized carbons (Fsp3) is 1.00.